The van der Waals surface area contributed by atoms with Crippen LogP contribution in [-0.4, -0.2) is 11.6 Å². The molecule has 0 saturated carbocycles. The lowest BCUT2D eigenvalue weighted by atomic mass is 10.0. The third kappa shape index (κ3) is 4.73. The average molecular weight is 414 g/mol. The van der Waals surface area contributed by atoms with Gasteiger partial charge in [-0.25, -0.2) is 8.78 Å². The first-order valence-electron chi connectivity index (χ1n) is 9.48. The van der Waals surface area contributed by atoms with Crippen LogP contribution in [0.2, 0.25) is 0 Å². The minimum Gasteiger partial charge on any atom is -0.457 e. The van der Waals surface area contributed by atoms with E-state index in [1.54, 1.807) is 60.7 Å². The first kappa shape index (κ1) is 20.2. The van der Waals surface area contributed by atoms with Crippen LogP contribution in [0.15, 0.2) is 97.1 Å². The summed E-state index contributed by atoms with van der Waals surface area (Å²) in [6, 6.07) is 23.9. The highest BCUT2D eigenvalue weighted by atomic mass is 19.1. The molecule has 0 aromatic heterocycles. The second kappa shape index (κ2) is 8.71. The number of halogens is 2. The van der Waals surface area contributed by atoms with Crippen molar-refractivity contribution in [3.8, 4) is 11.5 Å². The molecule has 0 aliphatic heterocycles. The van der Waals surface area contributed by atoms with E-state index < -0.39 is 11.6 Å². The fourth-order valence-electron chi connectivity index (χ4n) is 3.13. The van der Waals surface area contributed by atoms with Crippen molar-refractivity contribution in [2.75, 3.05) is 0 Å². The van der Waals surface area contributed by atoms with Crippen LogP contribution in [0, 0.1) is 11.6 Å². The summed E-state index contributed by atoms with van der Waals surface area (Å²) in [5.41, 5.74) is 1.16. The summed E-state index contributed by atoms with van der Waals surface area (Å²) >= 11 is 0. The minimum absolute atomic E-state index is 0.236. The van der Waals surface area contributed by atoms with Crippen molar-refractivity contribution in [3.63, 3.8) is 0 Å². The zero-order chi connectivity index (χ0) is 21.8. The van der Waals surface area contributed by atoms with E-state index in [-0.39, 0.29) is 22.7 Å². The third-order valence-electron chi connectivity index (χ3n) is 4.60. The molecule has 0 N–H and O–H groups in total. The highest BCUT2D eigenvalue weighted by Gasteiger charge is 2.13. The molecule has 4 aromatic carbocycles. The molecule has 4 aromatic rings. The van der Waals surface area contributed by atoms with E-state index in [4.69, 9.17) is 4.74 Å². The number of ether oxygens (including phenoxy) is 1. The van der Waals surface area contributed by atoms with Crippen LogP contribution in [-0.2, 0) is 0 Å². The zero-order valence-corrected chi connectivity index (χ0v) is 16.2. The van der Waals surface area contributed by atoms with Gasteiger partial charge in [-0.05, 0) is 48.5 Å². The van der Waals surface area contributed by atoms with Crippen LogP contribution < -0.4 is 4.74 Å². The van der Waals surface area contributed by atoms with Gasteiger partial charge in [-0.1, -0.05) is 48.5 Å². The Bertz CT molecular complexity index is 1180. The van der Waals surface area contributed by atoms with Crippen LogP contribution in [0.4, 0.5) is 8.78 Å². The van der Waals surface area contributed by atoms with Crippen molar-refractivity contribution < 1.29 is 23.1 Å². The summed E-state index contributed by atoms with van der Waals surface area (Å²) in [7, 11) is 0. The van der Waals surface area contributed by atoms with Crippen molar-refractivity contribution in [2.24, 2.45) is 0 Å². The van der Waals surface area contributed by atoms with E-state index in [0.717, 1.165) is 0 Å². The lowest BCUT2D eigenvalue weighted by molar-refractivity contribution is 0.103. The smallest absolute Gasteiger partial charge is 0.193 e. The van der Waals surface area contributed by atoms with E-state index in [9.17, 15) is 18.4 Å². The Hall–Kier alpha value is -4.12. The van der Waals surface area contributed by atoms with E-state index in [1.807, 2.05) is 0 Å². The Morgan fingerprint density at radius 2 is 0.871 bits per heavy atom. The molecule has 0 amide bonds. The van der Waals surface area contributed by atoms with Gasteiger partial charge in [-0.2, -0.15) is 0 Å². The molecule has 152 valence electrons. The van der Waals surface area contributed by atoms with E-state index in [2.05, 4.69) is 0 Å². The van der Waals surface area contributed by atoms with Gasteiger partial charge in [0, 0.05) is 22.3 Å². The molecule has 0 bridgehead atoms. The predicted molar refractivity (Wildman–Crippen MR) is 113 cm³/mol. The minimum atomic E-state index is -0.488. The fourth-order valence-corrected chi connectivity index (χ4v) is 3.13. The third-order valence-corrected chi connectivity index (χ3v) is 4.60. The lowest BCUT2D eigenvalue weighted by Gasteiger charge is -2.09. The highest BCUT2D eigenvalue weighted by Crippen LogP contribution is 2.25. The van der Waals surface area contributed by atoms with Gasteiger partial charge in [0.05, 0.1) is 0 Å². The molecular weight excluding hydrogens is 398 g/mol. The van der Waals surface area contributed by atoms with Gasteiger partial charge >= 0.3 is 0 Å². The number of rotatable bonds is 6. The van der Waals surface area contributed by atoms with Gasteiger partial charge in [0.15, 0.2) is 11.6 Å². The molecule has 0 radical (unpaired) electrons. The molecule has 0 unspecified atom stereocenters. The maximum absolute atomic E-state index is 13.4. The predicted octanol–water partition coefficient (Wildman–Crippen LogP) is 6.22. The summed E-state index contributed by atoms with van der Waals surface area (Å²) in [6.07, 6.45) is 0. The van der Waals surface area contributed by atoms with Gasteiger partial charge < -0.3 is 4.74 Å². The first-order chi connectivity index (χ1) is 15.0. The number of ketones is 2. The monoisotopic (exact) mass is 414 g/mol. The standard InChI is InChI=1S/C26H16F2O3/c27-21-9-1-5-17(13-21)25(29)19-7-3-11-23(15-19)31-24-12-4-8-20(16-24)26(30)18-6-2-10-22(28)14-18/h1-16H. The lowest BCUT2D eigenvalue weighted by Crippen LogP contribution is -2.02. The molecule has 0 aliphatic rings. The van der Waals surface area contributed by atoms with Crippen LogP contribution in [0.1, 0.15) is 31.8 Å². The van der Waals surface area contributed by atoms with Gasteiger partial charge in [-0.15, -0.1) is 0 Å². The van der Waals surface area contributed by atoms with Crippen LogP contribution in [0.5, 0.6) is 11.5 Å². The quantitative estimate of drug-likeness (QED) is 0.352. The Labute approximate surface area is 177 Å². The van der Waals surface area contributed by atoms with Gasteiger partial charge in [0.2, 0.25) is 0 Å². The van der Waals surface area contributed by atoms with Crippen molar-refractivity contribution in [1.29, 1.82) is 0 Å². The second-order valence-corrected chi connectivity index (χ2v) is 6.84. The van der Waals surface area contributed by atoms with Crippen LogP contribution in [0.3, 0.4) is 0 Å². The number of carbonyl (C=O) groups is 2. The summed E-state index contributed by atoms with van der Waals surface area (Å²) in [4.78, 5) is 25.3. The molecule has 0 atom stereocenters. The molecule has 0 heterocycles. The van der Waals surface area contributed by atoms with E-state index in [1.165, 1.54) is 36.4 Å². The molecule has 4 rings (SSSR count). The van der Waals surface area contributed by atoms with Crippen LogP contribution in [0.25, 0.3) is 0 Å². The molecule has 3 nitrogen and oxygen atoms in total. The molecule has 0 fully saturated rings. The zero-order valence-electron chi connectivity index (χ0n) is 16.2. The van der Waals surface area contributed by atoms with Gasteiger partial charge in [-0.3, -0.25) is 9.59 Å². The van der Waals surface area contributed by atoms with Crippen molar-refractivity contribution in [2.45, 2.75) is 0 Å². The number of hydrogen-bond acceptors (Lipinski definition) is 3. The van der Waals surface area contributed by atoms with E-state index >= 15 is 0 Å². The Morgan fingerprint density at radius 1 is 0.516 bits per heavy atom. The van der Waals surface area contributed by atoms with Crippen molar-refractivity contribution in [3.05, 3.63) is 131 Å². The SMILES string of the molecule is O=C(c1cccc(F)c1)c1cccc(Oc2cccc(C(=O)c3cccc(F)c3)c2)c1. The highest BCUT2D eigenvalue weighted by molar-refractivity contribution is 6.09. The largest absolute Gasteiger partial charge is 0.457 e. The summed E-state index contributed by atoms with van der Waals surface area (Å²) in [6.45, 7) is 0. The maximum Gasteiger partial charge on any atom is 0.193 e. The molecule has 31 heavy (non-hydrogen) atoms. The van der Waals surface area contributed by atoms with Gasteiger partial charge in [0.25, 0.3) is 0 Å². The van der Waals surface area contributed by atoms with E-state index in [0.29, 0.717) is 22.6 Å². The average Bonchev–Trinajstić information content (AvgIpc) is 2.78. The van der Waals surface area contributed by atoms with Crippen molar-refractivity contribution in [1.82, 2.24) is 0 Å². The Balaban J connectivity index is 1.56. The number of hydrogen-bond donors (Lipinski definition) is 0. The molecule has 5 heteroatoms. The second-order valence-electron chi connectivity index (χ2n) is 6.84. The first-order valence-corrected chi connectivity index (χ1v) is 9.48. The number of benzene rings is 4. The summed E-state index contributed by atoms with van der Waals surface area (Å²) in [5.74, 6) is -0.869. The molecule has 0 spiro atoms. The maximum atomic E-state index is 13.4. The van der Waals surface area contributed by atoms with Crippen LogP contribution >= 0.6 is 0 Å². The molecule has 0 aliphatic carbocycles. The Kier molecular flexibility index (Phi) is 5.67. The molecular formula is C26H16F2O3. The fraction of sp³-hybridized carbons (Fsp3) is 0. The summed E-state index contributed by atoms with van der Waals surface area (Å²) in [5, 5.41) is 0. The Morgan fingerprint density at radius 3 is 1.26 bits per heavy atom. The van der Waals surface area contributed by atoms with Crippen molar-refractivity contribution >= 4 is 11.6 Å². The normalized spacial score (nSPS) is 10.5. The van der Waals surface area contributed by atoms with Gasteiger partial charge in [0.1, 0.15) is 23.1 Å². The number of carbonyl (C=O) groups excluding carboxylic acids is 2. The summed E-state index contributed by atoms with van der Waals surface area (Å²) < 4.78 is 32.7. The molecule has 0 saturated heterocycles. The topological polar surface area (TPSA) is 43.4 Å².